The van der Waals surface area contributed by atoms with Gasteiger partial charge in [-0.05, 0) is 68.3 Å². The van der Waals surface area contributed by atoms with Crippen molar-refractivity contribution in [2.45, 2.75) is 45.6 Å². The lowest BCUT2D eigenvalue weighted by Gasteiger charge is -2.22. The highest BCUT2D eigenvalue weighted by molar-refractivity contribution is 5.27. The minimum Gasteiger partial charge on any atom is -0.381 e. The van der Waals surface area contributed by atoms with Gasteiger partial charge in [-0.2, -0.15) is 0 Å². The van der Waals surface area contributed by atoms with Crippen molar-refractivity contribution < 1.29 is 9.13 Å². The van der Waals surface area contributed by atoms with Gasteiger partial charge in [-0.1, -0.05) is 13.0 Å². The zero-order chi connectivity index (χ0) is 14.4. The Morgan fingerprint density at radius 3 is 2.95 bits per heavy atom. The Hall–Kier alpha value is -0.930. The van der Waals surface area contributed by atoms with Crippen LogP contribution in [0.2, 0.25) is 0 Å². The van der Waals surface area contributed by atoms with Gasteiger partial charge in [0.2, 0.25) is 0 Å². The van der Waals surface area contributed by atoms with Gasteiger partial charge in [0, 0.05) is 19.3 Å². The summed E-state index contributed by atoms with van der Waals surface area (Å²) in [6, 6.07) is 5.59. The molecular formula is C17H26FNO. The van der Waals surface area contributed by atoms with Crippen LogP contribution in [0.25, 0.3) is 0 Å². The van der Waals surface area contributed by atoms with Crippen molar-refractivity contribution in [1.29, 1.82) is 0 Å². The van der Waals surface area contributed by atoms with Crippen molar-refractivity contribution in [2.75, 3.05) is 19.8 Å². The number of rotatable bonds is 7. The Kier molecular flexibility index (Phi) is 5.99. The molecule has 1 aromatic carbocycles. The van der Waals surface area contributed by atoms with E-state index >= 15 is 0 Å². The molecule has 0 aliphatic carbocycles. The smallest absolute Gasteiger partial charge is 0.123 e. The van der Waals surface area contributed by atoms with Gasteiger partial charge < -0.3 is 10.1 Å². The second-order valence-electron chi connectivity index (χ2n) is 5.89. The largest absolute Gasteiger partial charge is 0.381 e. The van der Waals surface area contributed by atoms with Crippen LogP contribution in [0.5, 0.6) is 0 Å². The van der Waals surface area contributed by atoms with Crippen molar-refractivity contribution in [1.82, 2.24) is 5.32 Å². The van der Waals surface area contributed by atoms with Crippen molar-refractivity contribution in [2.24, 2.45) is 5.92 Å². The molecule has 20 heavy (non-hydrogen) atoms. The molecule has 1 aliphatic rings. The molecule has 1 aliphatic heterocycles. The summed E-state index contributed by atoms with van der Waals surface area (Å²) in [6.07, 6.45) is 4.44. The lowest BCUT2D eigenvalue weighted by atomic mass is 9.93. The first kappa shape index (κ1) is 15.5. The van der Waals surface area contributed by atoms with Crippen molar-refractivity contribution >= 4 is 0 Å². The second-order valence-corrected chi connectivity index (χ2v) is 5.89. The fraction of sp³-hybridized carbons (Fsp3) is 0.647. The second kappa shape index (κ2) is 7.75. The number of aryl methyl sites for hydroxylation is 1. The summed E-state index contributed by atoms with van der Waals surface area (Å²) in [5.41, 5.74) is 2.30. The minimum atomic E-state index is -0.145. The molecule has 2 atom stereocenters. The average molecular weight is 279 g/mol. The fourth-order valence-corrected chi connectivity index (χ4v) is 2.91. The first-order valence-electron chi connectivity index (χ1n) is 7.75. The lowest BCUT2D eigenvalue weighted by molar-refractivity contribution is 0.181. The Bertz CT molecular complexity index is 415. The van der Waals surface area contributed by atoms with Crippen LogP contribution in [-0.2, 0) is 11.2 Å². The van der Waals surface area contributed by atoms with Gasteiger partial charge in [-0.15, -0.1) is 0 Å². The highest BCUT2D eigenvalue weighted by Crippen LogP contribution is 2.21. The number of halogens is 1. The Morgan fingerprint density at radius 1 is 1.45 bits per heavy atom. The third kappa shape index (κ3) is 4.57. The zero-order valence-electron chi connectivity index (χ0n) is 12.6. The predicted molar refractivity (Wildman–Crippen MR) is 80.5 cm³/mol. The first-order valence-corrected chi connectivity index (χ1v) is 7.75. The molecule has 1 saturated heterocycles. The molecular weight excluding hydrogens is 253 g/mol. The maximum absolute atomic E-state index is 13.2. The summed E-state index contributed by atoms with van der Waals surface area (Å²) in [4.78, 5) is 0. The SMILES string of the molecule is CCCNC(Cc1ccc(F)cc1C)CC1CCOC1. The Balaban J connectivity index is 1.97. The molecule has 1 N–H and O–H groups in total. The summed E-state index contributed by atoms with van der Waals surface area (Å²) in [5.74, 6) is 0.527. The maximum atomic E-state index is 13.2. The number of ether oxygens (including phenoxy) is 1. The molecule has 0 aromatic heterocycles. The molecule has 0 saturated carbocycles. The summed E-state index contributed by atoms with van der Waals surface area (Å²) in [7, 11) is 0. The van der Waals surface area contributed by atoms with E-state index in [2.05, 4.69) is 12.2 Å². The Labute approximate surface area is 121 Å². The van der Waals surface area contributed by atoms with Crippen molar-refractivity contribution in [3.05, 3.63) is 35.1 Å². The third-order valence-corrected chi connectivity index (χ3v) is 4.10. The normalized spacial score (nSPS) is 20.2. The highest BCUT2D eigenvalue weighted by atomic mass is 19.1. The molecule has 0 bridgehead atoms. The van der Waals surface area contributed by atoms with Gasteiger partial charge in [0.1, 0.15) is 5.82 Å². The van der Waals surface area contributed by atoms with Crippen LogP contribution < -0.4 is 5.32 Å². The molecule has 2 rings (SSSR count). The lowest BCUT2D eigenvalue weighted by Crippen LogP contribution is -2.34. The van der Waals surface area contributed by atoms with Gasteiger partial charge in [-0.25, -0.2) is 4.39 Å². The van der Waals surface area contributed by atoms with E-state index in [1.807, 2.05) is 13.0 Å². The van der Waals surface area contributed by atoms with Gasteiger partial charge >= 0.3 is 0 Å². The van der Waals surface area contributed by atoms with E-state index in [4.69, 9.17) is 4.74 Å². The van der Waals surface area contributed by atoms with E-state index in [1.165, 1.54) is 12.0 Å². The fourth-order valence-electron chi connectivity index (χ4n) is 2.91. The van der Waals surface area contributed by atoms with Crippen LogP contribution in [0.3, 0.4) is 0 Å². The molecule has 1 heterocycles. The van der Waals surface area contributed by atoms with Crippen LogP contribution in [0.1, 0.15) is 37.3 Å². The van der Waals surface area contributed by atoms with Crippen LogP contribution >= 0.6 is 0 Å². The first-order chi connectivity index (χ1) is 9.69. The quantitative estimate of drug-likeness (QED) is 0.825. The number of benzene rings is 1. The molecule has 0 amide bonds. The van der Waals surface area contributed by atoms with Gasteiger partial charge in [0.25, 0.3) is 0 Å². The molecule has 112 valence electrons. The summed E-state index contributed by atoms with van der Waals surface area (Å²) < 4.78 is 18.7. The van der Waals surface area contributed by atoms with Crippen molar-refractivity contribution in [3.63, 3.8) is 0 Å². The number of nitrogens with one attached hydrogen (secondary N) is 1. The van der Waals surface area contributed by atoms with E-state index in [-0.39, 0.29) is 5.82 Å². The molecule has 0 radical (unpaired) electrons. The minimum absolute atomic E-state index is 0.145. The summed E-state index contributed by atoms with van der Waals surface area (Å²) in [6.45, 7) is 7.02. The van der Waals surface area contributed by atoms with Gasteiger partial charge in [0.15, 0.2) is 0 Å². The number of hydrogen-bond donors (Lipinski definition) is 1. The highest BCUT2D eigenvalue weighted by Gasteiger charge is 2.21. The third-order valence-electron chi connectivity index (χ3n) is 4.10. The van der Waals surface area contributed by atoms with E-state index in [1.54, 1.807) is 12.1 Å². The molecule has 1 aromatic rings. The van der Waals surface area contributed by atoms with E-state index < -0.39 is 0 Å². The van der Waals surface area contributed by atoms with Crippen molar-refractivity contribution in [3.8, 4) is 0 Å². The summed E-state index contributed by atoms with van der Waals surface area (Å²) >= 11 is 0. The van der Waals surface area contributed by atoms with Crippen LogP contribution in [0, 0.1) is 18.7 Å². The zero-order valence-corrected chi connectivity index (χ0v) is 12.6. The maximum Gasteiger partial charge on any atom is 0.123 e. The molecule has 0 spiro atoms. The van der Waals surface area contributed by atoms with Crippen LogP contribution in [0.15, 0.2) is 18.2 Å². The predicted octanol–water partition coefficient (Wildman–Crippen LogP) is 3.47. The Morgan fingerprint density at radius 2 is 2.30 bits per heavy atom. The van der Waals surface area contributed by atoms with E-state index in [0.717, 1.165) is 44.6 Å². The van der Waals surface area contributed by atoms with Gasteiger partial charge in [-0.3, -0.25) is 0 Å². The molecule has 1 fully saturated rings. The van der Waals surface area contributed by atoms with Gasteiger partial charge in [0.05, 0.1) is 0 Å². The molecule has 2 nitrogen and oxygen atoms in total. The van der Waals surface area contributed by atoms with Crippen LogP contribution in [0.4, 0.5) is 4.39 Å². The monoisotopic (exact) mass is 279 g/mol. The van der Waals surface area contributed by atoms with E-state index in [0.29, 0.717) is 12.0 Å². The standard InChI is InChI=1S/C17H26FNO/c1-3-7-19-17(10-14-6-8-20-12-14)11-15-4-5-16(18)9-13(15)2/h4-5,9,14,17,19H,3,6-8,10-12H2,1-2H3. The molecule has 3 heteroatoms. The summed E-state index contributed by atoms with van der Waals surface area (Å²) in [5, 5.41) is 3.64. The molecule has 2 unspecified atom stereocenters. The van der Waals surface area contributed by atoms with E-state index in [9.17, 15) is 4.39 Å². The number of hydrogen-bond acceptors (Lipinski definition) is 2. The topological polar surface area (TPSA) is 21.3 Å². The van der Waals surface area contributed by atoms with Crippen LogP contribution in [-0.4, -0.2) is 25.8 Å². The average Bonchev–Trinajstić information content (AvgIpc) is 2.92.